The Morgan fingerprint density at radius 3 is 2.48 bits per heavy atom. The second-order valence-corrected chi connectivity index (χ2v) is 5.41. The molecule has 23 heavy (non-hydrogen) atoms. The molecule has 0 spiro atoms. The third-order valence-corrected chi connectivity index (χ3v) is 3.67. The first-order valence-electron chi connectivity index (χ1n) is 7.61. The molecule has 3 aromatic rings. The molecule has 2 aromatic carbocycles. The second kappa shape index (κ2) is 6.96. The van der Waals surface area contributed by atoms with Crippen molar-refractivity contribution >= 4 is 5.82 Å². The Balaban J connectivity index is 1.57. The Hall–Kier alpha value is -2.82. The van der Waals surface area contributed by atoms with E-state index in [1.165, 1.54) is 11.1 Å². The Kier molecular flexibility index (Phi) is 4.57. The average molecular weight is 308 g/mol. The zero-order valence-electron chi connectivity index (χ0n) is 13.4. The number of rotatable bonds is 6. The van der Waals surface area contributed by atoms with Gasteiger partial charge < -0.3 is 10.1 Å². The van der Waals surface area contributed by atoms with Gasteiger partial charge in [0.1, 0.15) is 5.75 Å². The summed E-state index contributed by atoms with van der Waals surface area (Å²) < 4.78 is 6.90. The van der Waals surface area contributed by atoms with Gasteiger partial charge in [-0.3, -0.25) is 0 Å². The Labute approximate surface area is 135 Å². The van der Waals surface area contributed by atoms with E-state index in [1.807, 2.05) is 30.5 Å². The van der Waals surface area contributed by atoms with E-state index in [1.54, 1.807) is 11.8 Å². The van der Waals surface area contributed by atoms with Crippen LogP contribution in [0.4, 0.5) is 5.82 Å². The van der Waals surface area contributed by atoms with Gasteiger partial charge in [-0.25, -0.2) is 4.68 Å². The largest absolute Gasteiger partial charge is 0.497 e. The summed E-state index contributed by atoms with van der Waals surface area (Å²) in [6.45, 7) is 2.92. The van der Waals surface area contributed by atoms with Crippen molar-refractivity contribution in [1.82, 2.24) is 15.0 Å². The van der Waals surface area contributed by atoms with E-state index in [4.69, 9.17) is 4.74 Å². The van der Waals surface area contributed by atoms with Gasteiger partial charge in [0.25, 0.3) is 0 Å². The lowest BCUT2D eigenvalue weighted by Crippen LogP contribution is -2.05. The summed E-state index contributed by atoms with van der Waals surface area (Å²) >= 11 is 0. The number of nitrogens with zero attached hydrogens (tertiary/aromatic N) is 3. The molecule has 0 unspecified atom stereocenters. The standard InChI is InChI=1S/C18H20N4O/c1-14-3-5-15(6-4-14)11-12-19-18-13-22(21-20-18)16-7-9-17(23-2)10-8-16/h3-10,13,19H,11-12H2,1-2H3. The van der Waals surface area contributed by atoms with Gasteiger partial charge in [0.05, 0.1) is 19.0 Å². The molecule has 0 saturated heterocycles. The number of ether oxygens (including phenoxy) is 1. The van der Waals surface area contributed by atoms with Gasteiger partial charge in [-0.1, -0.05) is 35.0 Å². The lowest BCUT2D eigenvalue weighted by atomic mass is 10.1. The van der Waals surface area contributed by atoms with Crippen molar-refractivity contribution in [2.24, 2.45) is 0 Å². The molecule has 0 amide bonds. The molecule has 0 aliphatic carbocycles. The predicted octanol–water partition coefficient (Wildman–Crippen LogP) is 3.24. The summed E-state index contributed by atoms with van der Waals surface area (Å²) in [5.41, 5.74) is 3.54. The summed E-state index contributed by atoms with van der Waals surface area (Å²) in [5, 5.41) is 11.6. The Morgan fingerprint density at radius 2 is 1.78 bits per heavy atom. The number of hydrogen-bond donors (Lipinski definition) is 1. The third-order valence-electron chi connectivity index (χ3n) is 3.67. The van der Waals surface area contributed by atoms with Crippen LogP contribution in [0.25, 0.3) is 5.69 Å². The molecule has 5 heteroatoms. The number of nitrogens with one attached hydrogen (secondary N) is 1. The highest BCUT2D eigenvalue weighted by Gasteiger charge is 2.03. The average Bonchev–Trinajstić information content (AvgIpc) is 3.06. The van der Waals surface area contributed by atoms with Gasteiger partial charge in [-0.05, 0) is 43.2 Å². The molecule has 1 aromatic heterocycles. The van der Waals surface area contributed by atoms with Crippen LogP contribution < -0.4 is 10.1 Å². The molecule has 0 atom stereocenters. The quantitative estimate of drug-likeness (QED) is 0.759. The highest BCUT2D eigenvalue weighted by atomic mass is 16.5. The number of hydrogen-bond acceptors (Lipinski definition) is 4. The van der Waals surface area contributed by atoms with E-state index >= 15 is 0 Å². The minimum atomic E-state index is 0.771. The van der Waals surface area contributed by atoms with E-state index in [-0.39, 0.29) is 0 Å². The highest BCUT2D eigenvalue weighted by molar-refractivity contribution is 5.39. The van der Waals surface area contributed by atoms with Crippen molar-refractivity contribution in [3.05, 3.63) is 65.9 Å². The number of aromatic nitrogens is 3. The van der Waals surface area contributed by atoms with E-state index < -0.39 is 0 Å². The van der Waals surface area contributed by atoms with Crippen LogP contribution in [0.2, 0.25) is 0 Å². The van der Waals surface area contributed by atoms with Crippen LogP contribution in [-0.4, -0.2) is 28.6 Å². The number of anilines is 1. The van der Waals surface area contributed by atoms with Gasteiger partial charge in [0.2, 0.25) is 0 Å². The molecule has 0 aliphatic rings. The summed E-state index contributed by atoms with van der Waals surface area (Å²) in [5.74, 6) is 1.60. The molecule has 118 valence electrons. The molecule has 3 rings (SSSR count). The van der Waals surface area contributed by atoms with E-state index in [2.05, 4.69) is 46.8 Å². The molecule has 1 N–H and O–H groups in total. The SMILES string of the molecule is COc1ccc(-n2cc(NCCc3ccc(C)cc3)nn2)cc1. The highest BCUT2D eigenvalue weighted by Crippen LogP contribution is 2.15. The van der Waals surface area contributed by atoms with Crippen LogP contribution in [0.1, 0.15) is 11.1 Å². The zero-order valence-corrected chi connectivity index (χ0v) is 13.4. The summed E-state index contributed by atoms with van der Waals surface area (Å²) in [7, 11) is 1.65. The maximum Gasteiger partial charge on any atom is 0.169 e. The molecular weight excluding hydrogens is 288 g/mol. The van der Waals surface area contributed by atoms with Crippen LogP contribution in [0.15, 0.2) is 54.7 Å². The topological polar surface area (TPSA) is 52.0 Å². The maximum absolute atomic E-state index is 5.16. The fourth-order valence-corrected chi connectivity index (χ4v) is 2.30. The smallest absolute Gasteiger partial charge is 0.169 e. The summed E-state index contributed by atoms with van der Waals surface area (Å²) in [6.07, 6.45) is 2.84. The first kappa shape index (κ1) is 15.1. The normalized spacial score (nSPS) is 10.5. The van der Waals surface area contributed by atoms with E-state index in [0.29, 0.717) is 0 Å². The van der Waals surface area contributed by atoms with Crippen LogP contribution >= 0.6 is 0 Å². The molecule has 0 saturated carbocycles. The molecular formula is C18H20N4O. The maximum atomic E-state index is 5.16. The lowest BCUT2D eigenvalue weighted by molar-refractivity contribution is 0.414. The Bertz CT molecular complexity index is 747. The fraction of sp³-hybridized carbons (Fsp3) is 0.222. The van der Waals surface area contributed by atoms with Crippen molar-refractivity contribution < 1.29 is 4.74 Å². The number of aryl methyl sites for hydroxylation is 1. The summed E-state index contributed by atoms with van der Waals surface area (Å²) in [6, 6.07) is 16.3. The second-order valence-electron chi connectivity index (χ2n) is 5.41. The first-order valence-corrected chi connectivity index (χ1v) is 7.61. The minimum Gasteiger partial charge on any atom is -0.497 e. The van der Waals surface area contributed by atoms with Gasteiger partial charge in [0.15, 0.2) is 5.82 Å². The number of methoxy groups -OCH3 is 1. The lowest BCUT2D eigenvalue weighted by Gasteiger charge is -2.03. The van der Waals surface area contributed by atoms with Crippen molar-refractivity contribution in [2.45, 2.75) is 13.3 Å². The zero-order chi connectivity index (χ0) is 16.1. The van der Waals surface area contributed by atoms with Crippen LogP contribution in [-0.2, 0) is 6.42 Å². The number of benzene rings is 2. The van der Waals surface area contributed by atoms with Crippen molar-refractivity contribution in [3.63, 3.8) is 0 Å². The van der Waals surface area contributed by atoms with Gasteiger partial charge in [-0.15, -0.1) is 5.10 Å². The van der Waals surface area contributed by atoms with Crippen molar-refractivity contribution in [3.8, 4) is 11.4 Å². The van der Waals surface area contributed by atoms with E-state index in [0.717, 1.165) is 30.2 Å². The van der Waals surface area contributed by atoms with Crippen molar-refractivity contribution in [1.29, 1.82) is 0 Å². The van der Waals surface area contributed by atoms with Gasteiger partial charge in [0, 0.05) is 6.54 Å². The Morgan fingerprint density at radius 1 is 1.04 bits per heavy atom. The molecule has 0 radical (unpaired) electrons. The predicted molar refractivity (Wildman–Crippen MR) is 91.3 cm³/mol. The van der Waals surface area contributed by atoms with Crippen LogP contribution in [0.3, 0.4) is 0 Å². The first-order chi connectivity index (χ1) is 11.2. The van der Waals surface area contributed by atoms with Crippen LogP contribution in [0, 0.1) is 6.92 Å². The van der Waals surface area contributed by atoms with Crippen molar-refractivity contribution in [2.75, 3.05) is 19.0 Å². The molecule has 5 nitrogen and oxygen atoms in total. The monoisotopic (exact) mass is 308 g/mol. The van der Waals surface area contributed by atoms with E-state index in [9.17, 15) is 0 Å². The summed E-state index contributed by atoms with van der Waals surface area (Å²) in [4.78, 5) is 0. The molecule has 0 bridgehead atoms. The molecule has 1 heterocycles. The van der Waals surface area contributed by atoms with Gasteiger partial charge >= 0.3 is 0 Å². The minimum absolute atomic E-state index is 0.771. The fourth-order valence-electron chi connectivity index (χ4n) is 2.30. The molecule has 0 fully saturated rings. The van der Waals surface area contributed by atoms with Gasteiger partial charge in [-0.2, -0.15) is 0 Å². The molecule has 0 aliphatic heterocycles. The third kappa shape index (κ3) is 3.88. The van der Waals surface area contributed by atoms with Crippen LogP contribution in [0.5, 0.6) is 5.75 Å².